The molecule has 3 fully saturated rings. The quantitative estimate of drug-likeness (QED) is 0.577. The topological polar surface area (TPSA) is 0 Å². The summed E-state index contributed by atoms with van der Waals surface area (Å²) in [5.41, 5.74) is 1.41. The lowest BCUT2D eigenvalue weighted by molar-refractivity contribution is 0.0620. The van der Waals surface area contributed by atoms with Crippen molar-refractivity contribution in [2.75, 3.05) is 0 Å². The zero-order chi connectivity index (χ0) is 13.8. The third-order valence-electron chi connectivity index (χ3n) is 8.12. The van der Waals surface area contributed by atoms with Crippen LogP contribution in [0.2, 0.25) is 0 Å². The van der Waals surface area contributed by atoms with Gasteiger partial charge in [-0.15, -0.1) is 0 Å². The Labute approximate surface area is 120 Å². The van der Waals surface area contributed by atoms with E-state index in [0.717, 1.165) is 35.0 Å². The Morgan fingerprint density at radius 2 is 1.89 bits per heavy atom. The summed E-state index contributed by atoms with van der Waals surface area (Å²) in [4.78, 5) is 0. The van der Waals surface area contributed by atoms with Gasteiger partial charge in [0.25, 0.3) is 0 Å². The normalized spacial score (nSPS) is 41.5. The maximum atomic E-state index is 2.55. The van der Waals surface area contributed by atoms with Crippen LogP contribution in [0.4, 0.5) is 0 Å². The van der Waals surface area contributed by atoms with E-state index in [1.807, 2.05) is 0 Å². The summed E-state index contributed by atoms with van der Waals surface area (Å²) in [5, 5.41) is 0. The van der Waals surface area contributed by atoms with E-state index in [0.29, 0.717) is 5.41 Å². The first-order valence-electron chi connectivity index (χ1n) is 8.92. The number of rotatable bonds is 5. The molecule has 0 aliphatic heterocycles. The van der Waals surface area contributed by atoms with E-state index in [4.69, 9.17) is 0 Å². The molecule has 0 heteroatoms. The van der Waals surface area contributed by atoms with Gasteiger partial charge in [-0.25, -0.2) is 0 Å². The van der Waals surface area contributed by atoms with Gasteiger partial charge < -0.3 is 0 Å². The molecule has 3 aliphatic rings. The van der Waals surface area contributed by atoms with Crippen LogP contribution in [0, 0.1) is 40.4 Å². The first-order chi connectivity index (χ1) is 8.92. The Balaban J connectivity index is 1.56. The van der Waals surface area contributed by atoms with E-state index in [2.05, 4.69) is 34.6 Å². The van der Waals surface area contributed by atoms with Gasteiger partial charge in [-0.2, -0.15) is 0 Å². The van der Waals surface area contributed by atoms with E-state index in [-0.39, 0.29) is 0 Å². The predicted molar refractivity (Wildman–Crippen MR) is 83.0 cm³/mol. The average Bonchev–Trinajstić information content (AvgIpc) is 2.90. The highest BCUT2D eigenvalue weighted by molar-refractivity contribution is 5.16. The van der Waals surface area contributed by atoms with Crippen LogP contribution in [-0.4, -0.2) is 0 Å². The van der Waals surface area contributed by atoms with Crippen LogP contribution >= 0.6 is 0 Å². The molecule has 0 aromatic heterocycles. The monoisotopic (exact) mass is 262 g/mol. The summed E-state index contributed by atoms with van der Waals surface area (Å²) in [5.74, 6) is 5.30. The van der Waals surface area contributed by atoms with Crippen molar-refractivity contribution >= 4 is 0 Å². The Morgan fingerprint density at radius 1 is 1.21 bits per heavy atom. The summed E-state index contributed by atoms with van der Waals surface area (Å²) >= 11 is 0. The fraction of sp³-hybridized carbons (Fsp3) is 1.00. The van der Waals surface area contributed by atoms with Crippen LogP contribution in [0.25, 0.3) is 0 Å². The lowest BCUT2D eigenvalue weighted by Gasteiger charge is -2.44. The third kappa shape index (κ3) is 2.00. The third-order valence-corrected chi connectivity index (χ3v) is 8.12. The summed E-state index contributed by atoms with van der Waals surface area (Å²) in [6.45, 7) is 12.4. The number of hydrogen-bond acceptors (Lipinski definition) is 0. The fourth-order valence-corrected chi connectivity index (χ4v) is 5.39. The SMILES string of the molecule is CCC(C)(C)C(C)CC1CCC1C1C(C)C12CCC2. The molecule has 0 aromatic carbocycles. The molecule has 0 bridgehead atoms. The molecule has 1 spiro atoms. The molecule has 0 nitrogen and oxygen atoms in total. The van der Waals surface area contributed by atoms with E-state index >= 15 is 0 Å². The second kappa shape index (κ2) is 4.50. The van der Waals surface area contributed by atoms with E-state index in [1.165, 1.54) is 25.7 Å². The summed E-state index contributed by atoms with van der Waals surface area (Å²) in [7, 11) is 0. The van der Waals surface area contributed by atoms with Gasteiger partial charge in [0.15, 0.2) is 0 Å². The van der Waals surface area contributed by atoms with Gasteiger partial charge in [0.1, 0.15) is 0 Å². The van der Waals surface area contributed by atoms with Crippen molar-refractivity contribution in [1.82, 2.24) is 0 Å². The molecule has 0 saturated heterocycles. The minimum absolute atomic E-state index is 0.545. The Kier molecular flexibility index (Phi) is 3.31. The molecule has 3 saturated carbocycles. The molecule has 19 heavy (non-hydrogen) atoms. The molecule has 0 N–H and O–H groups in total. The van der Waals surface area contributed by atoms with E-state index < -0.39 is 0 Å². The standard InChI is InChI=1S/C19H34/c1-6-18(4,5)13(2)12-15-8-9-16(15)17-14(3)19(17)10-7-11-19/h13-17H,6-12H2,1-5H3. The van der Waals surface area contributed by atoms with Crippen molar-refractivity contribution in [3.63, 3.8) is 0 Å². The van der Waals surface area contributed by atoms with Crippen LogP contribution in [0.1, 0.15) is 79.6 Å². The van der Waals surface area contributed by atoms with Gasteiger partial charge in [0.2, 0.25) is 0 Å². The van der Waals surface area contributed by atoms with Crippen molar-refractivity contribution < 1.29 is 0 Å². The van der Waals surface area contributed by atoms with Gasteiger partial charge in [-0.1, -0.05) is 47.5 Å². The average molecular weight is 262 g/mol. The Bertz CT molecular complexity index is 336. The lowest BCUT2D eigenvalue weighted by atomic mass is 9.61. The van der Waals surface area contributed by atoms with Gasteiger partial charge in [-0.3, -0.25) is 0 Å². The minimum Gasteiger partial charge on any atom is -0.0649 e. The van der Waals surface area contributed by atoms with Crippen molar-refractivity contribution in [3.05, 3.63) is 0 Å². The molecule has 3 aliphatic carbocycles. The molecule has 0 aromatic rings. The molecule has 5 atom stereocenters. The minimum atomic E-state index is 0.545. The molecule has 110 valence electrons. The summed E-state index contributed by atoms with van der Waals surface area (Å²) in [6.07, 6.45) is 10.6. The maximum absolute atomic E-state index is 2.55. The van der Waals surface area contributed by atoms with Crippen LogP contribution in [0.5, 0.6) is 0 Å². The summed E-state index contributed by atoms with van der Waals surface area (Å²) < 4.78 is 0. The Hall–Kier alpha value is 0. The molecule has 5 unspecified atom stereocenters. The van der Waals surface area contributed by atoms with Crippen LogP contribution < -0.4 is 0 Å². The van der Waals surface area contributed by atoms with Crippen LogP contribution in [0.15, 0.2) is 0 Å². The van der Waals surface area contributed by atoms with Gasteiger partial charge in [-0.05, 0) is 72.5 Å². The first kappa shape index (κ1) is 14.0. The second-order valence-electron chi connectivity index (χ2n) is 8.88. The zero-order valence-electron chi connectivity index (χ0n) is 13.8. The smallest absolute Gasteiger partial charge is 0.0235 e. The van der Waals surface area contributed by atoms with Crippen LogP contribution in [0.3, 0.4) is 0 Å². The number of hydrogen-bond donors (Lipinski definition) is 0. The van der Waals surface area contributed by atoms with Gasteiger partial charge in [0, 0.05) is 0 Å². The van der Waals surface area contributed by atoms with Crippen LogP contribution in [-0.2, 0) is 0 Å². The maximum Gasteiger partial charge on any atom is -0.0235 e. The molecule has 0 amide bonds. The molecule has 3 rings (SSSR count). The first-order valence-corrected chi connectivity index (χ1v) is 8.92. The highest BCUT2D eigenvalue weighted by Gasteiger charge is 2.68. The predicted octanol–water partition coefficient (Wildman–Crippen LogP) is 5.91. The van der Waals surface area contributed by atoms with Crippen molar-refractivity contribution in [1.29, 1.82) is 0 Å². The van der Waals surface area contributed by atoms with Gasteiger partial charge >= 0.3 is 0 Å². The highest BCUT2D eigenvalue weighted by atomic mass is 14.7. The van der Waals surface area contributed by atoms with Crippen molar-refractivity contribution in [2.45, 2.75) is 79.6 Å². The zero-order valence-corrected chi connectivity index (χ0v) is 13.8. The fourth-order valence-electron chi connectivity index (χ4n) is 5.39. The van der Waals surface area contributed by atoms with E-state index in [9.17, 15) is 0 Å². The molecule has 0 heterocycles. The second-order valence-corrected chi connectivity index (χ2v) is 8.88. The largest absolute Gasteiger partial charge is 0.0649 e. The van der Waals surface area contributed by atoms with Crippen molar-refractivity contribution in [2.24, 2.45) is 40.4 Å². The molecule has 0 radical (unpaired) electrons. The Morgan fingerprint density at radius 3 is 2.26 bits per heavy atom. The molecular weight excluding hydrogens is 228 g/mol. The van der Waals surface area contributed by atoms with Crippen molar-refractivity contribution in [3.8, 4) is 0 Å². The highest BCUT2D eigenvalue weighted by Crippen LogP contribution is 2.75. The lowest BCUT2D eigenvalue weighted by Crippen LogP contribution is -2.34. The van der Waals surface area contributed by atoms with Gasteiger partial charge in [0.05, 0.1) is 0 Å². The van der Waals surface area contributed by atoms with E-state index in [1.54, 1.807) is 19.3 Å². The molecular formula is C19H34. The summed E-state index contributed by atoms with van der Waals surface area (Å²) in [6, 6.07) is 0.